The summed E-state index contributed by atoms with van der Waals surface area (Å²) in [5.41, 5.74) is 1.46. The van der Waals surface area contributed by atoms with Gasteiger partial charge in [-0.15, -0.1) is 0 Å². The van der Waals surface area contributed by atoms with Crippen molar-refractivity contribution < 1.29 is 4.79 Å². The highest BCUT2D eigenvalue weighted by Gasteiger charge is 2.62. The van der Waals surface area contributed by atoms with Crippen LogP contribution in [0.1, 0.15) is 37.7 Å². The Balaban J connectivity index is 1.58. The number of rotatable bonds is 4. The van der Waals surface area contributed by atoms with Gasteiger partial charge in [0, 0.05) is 13.1 Å². The van der Waals surface area contributed by atoms with E-state index in [1.165, 1.54) is 24.8 Å². The molecule has 0 unspecified atom stereocenters. The van der Waals surface area contributed by atoms with Crippen LogP contribution in [0.4, 0.5) is 4.79 Å². The van der Waals surface area contributed by atoms with Gasteiger partial charge in [-0.25, -0.2) is 4.79 Å². The van der Waals surface area contributed by atoms with Gasteiger partial charge in [0.05, 0.1) is 11.1 Å². The molecule has 1 N–H and O–H groups in total. The minimum atomic E-state index is 0.0206. The largest absolute Gasteiger partial charge is 0.336 e. The molecule has 0 atom stereocenters. The summed E-state index contributed by atoms with van der Waals surface area (Å²) in [5, 5.41) is 3.11. The van der Waals surface area contributed by atoms with E-state index in [4.69, 9.17) is 0 Å². The van der Waals surface area contributed by atoms with Gasteiger partial charge in [0.15, 0.2) is 0 Å². The lowest BCUT2D eigenvalue weighted by Crippen LogP contribution is -2.68. The van der Waals surface area contributed by atoms with E-state index in [0.717, 1.165) is 31.8 Å². The first kappa shape index (κ1) is 15.0. The number of hydrogen-bond donors (Lipinski definition) is 1. The Morgan fingerprint density at radius 1 is 1.22 bits per heavy atom. The highest BCUT2D eigenvalue weighted by molar-refractivity contribution is 5.78. The zero-order chi connectivity index (χ0) is 16.1. The summed E-state index contributed by atoms with van der Waals surface area (Å²) in [7, 11) is 4.33. The molecule has 1 spiro atoms. The molecule has 1 aromatic carbocycles. The van der Waals surface area contributed by atoms with Gasteiger partial charge in [-0.1, -0.05) is 36.8 Å². The molecule has 0 radical (unpaired) electrons. The Labute approximate surface area is 138 Å². The monoisotopic (exact) mass is 313 g/mol. The summed E-state index contributed by atoms with van der Waals surface area (Å²) >= 11 is 0. The minimum Gasteiger partial charge on any atom is -0.336 e. The van der Waals surface area contributed by atoms with Crippen LogP contribution in [-0.4, -0.2) is 48.6 Å². The first-order valence-corrected chi connectivity index (χ1v) is 8.84. The van der Waals surface area contributed by atoms with Gasteiger partial charge >= 0.3 is 6.03 Å². The lowest BCUT2D eigenvalue weighted by atomic mass is 9.58. The molecule has 1 heterocycles. The van der Waals surface area contributed by atoms with Gasteiger partial charge in [0.2, 0.25) is 0 Å². The standard InChI is InChI=1S/C19H27N3O/c1-21(2)19(16-9-4-3-5-10-16)12-18(13-19)14-20-17(23)22(18)11-15-7-6-8-15/h3-5,9-10,15H,6-8,11-14H2,1-2H3,(H,20,23)/t18-,19-. The predicted octanol–water partition coefficient (Wildman–Crippen LogP) is 2.80. The van der Waals surface area contributed by atoms with Crippen molar-refractivity contribution in [2.45, 2.75) is 43.2 Å². The van der Waals surface area contributed by atoms with Gasteiger partial charge in [0.1, 0.15) is 0 Å². The van der Waals surface area contributed by atoms with Crippen molar-refractivity contribution in [3.63, 3.8) is 0 Å². The number of carbonyl (C=O) groups excluding carboxylic acids is 1. The molecule has 1 saturated heterocycles. The van der Waals surface area contributed by atoms with Crippen molar-refractivity contribution in [1.82, 2.24) is 15.1 Å². The van der Waals surface area contributed by atoms with Crippen molar-refractivity contribution >= 4 is 6.03 Å². The first-order chi connectivity index (χ1) is 11.1. The summed E-state index contributed by atoms with van der Waals surface area (Å²) in [5.74, 6) is 0.724. The number of carbonyl (C=O) groups is 1. The molecule has 1 aromatic rings. The van der Waals surface area contributed by atoms with Gasteiger partial charge in [-0.05, 0) is 51.3 Å². The highest BCUT2D eigenvalue weighted by Crippen LogP contribution is 2.55. The van der Waals surface area contributed by atoms with E-state index in [1.54, 1.807) is 0 Å². The fourth-order valence-corrected chi connectivity index (χ4v) is 4.74. The van der Waals surface area contributed by atoms with Crippen molar-refractivity contribution in [3.8, 4) is 0 Å². The molecule has 4 rings (SSSR count). The molecule has 3 fully saturated rings. The van der Waals surface area contributed by atoms with Crippen LogP contribution in [0.3, 0.4) is 0 Å². The molecule has 1 aliphatic heterocycles. The van der Waals surface area contributed by atoms with Crippen molar-refractivity contribution in [3.05, 3.63) is 35.9 Å². The summed E-state index contributed by atoms with van der Waals surface area (Å²) in [6.07, 6.45) is 5.97. The Morgan fingerprint density at radius 3 is 2.48 bits per heavy atom. The molecule has 23 heavy (non-hydrogen) atoms. The molecule has 3 aliphatic rings. The second-order valence-electron chi connectivity index (χ2n) is 7.94. The maximum atomic E-state index is 12.4. The molecule has 124 valence electrons. The zero-order valence-electron chi connectivity index (χ0n) is 14.2. The van der Waals surface area contributed by atoms with E-state index in [2.05, 4.69) is 59.5 Å². The summed E-state index contributed by atoms with van der Waals surface area (Å²) in [4.78, 5) is 16.9. The van der Waals surface area contributed by atoms with Crippen LogP contribution in [0, 0.1) is 5.92 Å². The van der Waals surface area contributed by atoms with E-state index in [1.807, 2.05) is 0 Å². The molecule has 2 aliphatic carbocycles. The van der Waals surface area contributed by atoms with Crippen LogP contribution in [0.2, 0.25) is 0 Å². The SMILES string of the molecule is CN(C)[C@]1(c2ccccc2)C[C@]2(CNC(=O)N2CC2CCC2)C1. The first-order valence-electron chi connectivity index (χ1n) is 8.84. The van der Waals surface area contributed by atoms with Crippen LogP contribution < -0.4 is 5.32 Å². The molecule has 0 aromatic heterocycles. The quantitative estimate of drug-likeness (QED) is 0.928. The average Bonchev–Trinajstić information content (AvgIpc) is 2.78. The third-order valence-electron chi connectivity index (χ3n) is 6.46. The van der Waals surface area contributed by atoms with Crippen LogP contribution in [0.25, 0.3) is 0 Å². The number of nitrogens with zero attached hydrogens (tertiary/aromatic N) is 2. The van der Waals surface area contributed by atoms with Crippen molar-refractivity contribution in [2.75, 3.05) is 27.2 Å². The number of hydrogen-bond acceptors (Lipinski definition) is 2. The Hall–Kier alpha value is -1.55. The summed E-state index contributed by atoms with van der Waals surface area (Å²) in [6.45, 7) is 1.76. The minimum absolute atomic E-state index is 0.0206. The fourth-order valence-electron chi connectivity index (χ4n) is 4.74. The lowest BCUT2D eigenvalue weighted by molar-refractivity contribution is -0.0733. The van der Waals surface area contributed by atoms with Crippen LogP contribution in [-0.2, 0) is 5.54 Å². The third kappa shape index (κ3) is 2.18. The molecular weight excluding hydrogens is 286 g/mol. The van der Waals surface area contributed by atoms with E-state index in [0.29, 0.717) is 0 Å². The Bertz CT molecular complexity index is 588. The van der Waals surface area contributed by atoms with Crippen molar-refractivity contribution in [1.29, 1.82) is 0 Å². The summed E-state index contributed by atoms with van der Waals surface area (Å²) < 4.78 is 0. The maximum Gasteiger partial charge on any atom is 0.318 e. The van der Waals surface area contributed by atoms with Gasteiger partial charge < -0.3 is 10.2 Å². The lowest BCUT2D eigenvalue weighted by Gasteiger charge is -2.61. The Kier molecular flexibility index (Phi) is 3.41. The average molecular weight is 313 g/mol. The number of amides is 2. The molecule has 2 amide bonds. The van der Waals surface area contributed by atoms with E-state index in [9.17, 15) is 4.79 Å². The molecular formula is C19H27N3O. The second kappa shape index (κ2) is 5.23. The smallest absolute Gasteiger partial charge is 0.318 e. The highest BCUT2D eigenvalue weighted by atomic mass is 16.2. The van der Waals surface area contributed by atoms with Crippen LogP contribution >= 0.6 is 0 Å². The molecule has 4 heteroatoms. The number of urea groups is 1. The summed E-state index contributed by atoms with van der Waals surface area (Å²) in [6, 6.07) is 10.9. The topological polar surface area (TPSA) is 35.6 Å². The molecule has 2 saturated carbocycles. The van der Waals surface area contributed by atoms with Crippen molar-refractivity contribution in [2.24, 2.45) is 5.92 Å². The number of benzene rings is 1. The van der Waals surface area contributed by atoms with Gasteiger partial charge in [-0.2, -0.15) is 0 Å². The van der Waals surface area contributed by atoms with Gasteiger partial charge in [0.25, 0.3) is 0 Å². The van der Waals surface area contributed by atoms with Crippen LogP contribution in [0.5, 0.6) is 0 Å². The Morgan fingerprint density at radius 2 is 1.91 bits per heavy atom. The third-order valence-corrected chi connectivity index (χ3v) is 6.46. The van der Waals surface area contributed by atoms with E-state index in [-0.39, 0.29) is 17.1 Å². The van der Waals surface area contributed by atoms with E-state index >= 15 is 0 Å². The predicted molar refractivity (Wildman–Crippen MR) is 91.2 cm³/mol. The van der Waals surface area contributed by atoms with Crippen LogP contribution in [0.15, 0.2) is 30.3 Å². The molecule has 4 nitrogen and oxygen atoms in total. The van der Waals surface area contributed by atoms with Gasteiger partial charge in [-0.3, -0.25) is 4.90 Å². The normalized spacial score (nSPS) is 33.7. The fraction of sp³-hybridized carbons (Fsp3) is 0.632. The zero-order valence-corrected chi connectivity index (χ0v) is 14.2. The second-order valence-corrected chi connectivity index (χ2v) is 7.94. The maximum absolute atomic E-state index is 12.4. The van der Waals surface area contributed by atoms with E-state index < -0.39 is 0 Å². The number of nitrogens with one attached hydrogen (secondary N) is 1. The molecule has 0 bridgehead atoms.